The van der Waals surface area contributed by atoms with Gasteiger partial charge in [-0.2, -0.15) is 0 Å². The van der Waals surface area contributed by atoms with Crippen molar-refractivity contribution in [1.82, 2.24) is 4.98 Å². The van der Waals surface area contributed by atoms with Crippen LogP contribution >= 0.6 is 0 Å². The van der Waals surface area contributed by atoms with Crippen LogP contribution in [0.1, 0.15) is 17.4 Å². The van der Waals surface area contributed by atoms with Gasteiger partial charge in [0.15, 0.2) is 11.5 Å². The largest absolute Gasteiger partial charge is 1.00 e. The summed E-state index contributed by atoms with van der Waals surface area (Å²) in [5, 5.41) is -1.21. The minimum absolute atomic E-state index is 0. The fraction of sp³-hybridized carbons (Fsp3) is 0.150. The van der Waals surface area contributed by atoms with E-state index in [9.17, 15) is 13.0 Å². The topological polar surface area (TPSA) is 82.6 Å². The Kier molecular flexibility index (Phi) is 6.42. The van der Waals surface area contributed by atoms with Gasteiger partial charge in [0.05, 0.1) is 22.3 Å². The standard InChI is InChI=1S/C20H18N2O4S.Na/c23-27(24,25)20(15-7-5-6-13-21-15)12-14-22-16-8-1-3-10-18(16)26-19-11-4-2-9-17(19)22;/h1-11,13,20H,12,14H2,(H,23,24,25);/q;+1/p-1. The van der Waals surface area contributed by atoms with E-state index in [0.29, 0.717) is 18.0 Å². The molecule has 0 saturated heterocycles. The number of aromatic nitrogens is 1. The maximum absolute atomic E-state index is 11.9. The van der Waals surface area contributed by atoms with Crippen molar-refractivity contribution in [3.8, 4) is 11.5 Å². The van der Waals surface area contributed by atoms with Crippen molar-refractivity contribution >= 4 is 21.5 Å². The molecule has 1 unspecified atom stereocenters. The first-order valence-corrected chi connectivity index (χ1v) is 10.0. The molecular weight excluding hydrogens is 387 g/mol. The quantitative estimate of drug-likeness (QED) is 0.466. The smallest absolute Gasteiger partial charge is 0.747 e. The first-order chi connectivity index (χ1) is 13.0. The molecule has 0 saturated carbocycles. The van der Waals surface area contributed by atoms with Crippen molar-refractivity contribution in [3.63, 3.8) is 0 Å². The number of anilines is 2. The van der Waals surface area contributed by atoms with E-state index in [1.807, 2.05) is 53.4 Å². The van der Waals surface area contributed by atoms with Crippen LogP contribution in [-0.2, 0) is 10.1 Å². The number of hydrogen-bond acceptors (Lipinski definition) is 6. The number of hydrogen-bond donors (Lipinski definition) is 0. The number of benzene rings is 2. The van der Waals surface area contributed by atoms with Crippen molar-refractivity contribution in [3.05, 3.63) is 78.6 Å². The van der Waals surface area contributed by atoms with Gasteiger partial charge < -0.3 is 14.2 Å². The third-order valence-electron chi connectivity index (χ3n) is 4.51. The third-order valence-corrected chi connectivity index (χ3v) is 5.69. The van der Waals surface area contributed by atoms with Crippen molar-refractivity contribution < 1.29 is 47.3 Å². The molecular formula is C20H17N2NaO4S. The average Bonchev–Trinajstić information content (AvgIpc) is 2.67. The van der Waals surface area contributed by atoms with Crippen LogP contribution in [0, 0.1) is 0 Å². The molecule has 28 heavy (non-hydrogen) atoms. The predicted octanol–water partition coefficient (Wildman–Crippen LogP) is 1.01. The van der Waals surface area contributed by atoms with Gasteiger partial charge in [-0.05, 0) is 42.8 Å². The number of rotatable bonds is 5. The van der Waals surface area contributed by atoms with Gasteiger partial charge >= 0.3 is 29.6 Å². The van der Waals surface area contributed by atoms with E-state index in [1.165, 1.54) is 6.20 Å². The second kappa shape index (κ2) is 8.63. The van der Waals surface area contributed by atoms with Crippen LogP contribution in [0.4, 0.5) is 11.4 Å². The summed E-state index contributed by atoms with van der Waals surface area (Å²) in [6.07, 6.45) is 1.61. The first kappa shape index (κ1) is 20.8. The molecule has 1 aromatic heterocycles. The Hall–Kier alpha value is -1.90. The fourth-order valence-electron chi connectivity index (χ4n) is 3.27. The summed E-state index contributed by atoms with van der Waals surface area (Å²) >= 11 is 0. The monoisotopic (exact) mass is 404 g/mol. The number of fused-ring (bicyclic) bond motifs is 2. The van der Waals surface area contributed by atoms with Crippen LogP contribution in [0.15, 0.2) is 72.9 Å². The van der Waals surface area contributed by atoms with Gasteiger partial charge in [0.1, 0.15) is 10.1 Å². The Morgan fingerprint density at radius 2 is 1.50 bits per heavy atom. The molecule has 0 spiro atoms. The van der Waals surface area contributed by atoms with Crippen LogP contribution in [0.5, 0.6) is 11.5 Å². The minimum atomic E-state index is -4.54. The van der Waals surface area contributed by atoms with Gasteiger partial charge in [-0.15, -0.1) is 0 Å². The predicted molar refractivity (Wildman–Crippen MR) is 101 cm³/mol. The van der Waals surface area contributed by atoms with Gasteiger partial charge in [-0.1, -0.05) is 30.3 Å². The van der Waals surface area contributed by atoms with Crippen LogP contribution in [0.2, 0.25) is 0 Å². The minimum Gasteiger partial charge on any atom is -0.747 e. The molecule has 0 N–H and O–H groups in total. The molecule has 1 aliphatic rings. The normalized spacial score (nSPS) is 13.5. The van der Waals surface area contributed by atoms with Crippen LogP contribution < -0.4 is 39.2 Å². The summed E-state index contributed by atoms with van der Waals surface area (Å²) in [7, 11) is -4.54. The van der Waals surface area contributed by atoms with E-state index in [0.717, 1.165) is 11.4 Å². The van der Waals surface area contributed by atoms with Crippen LogP contribution in [0.25, 0.3) is 0 Å². The van der Waals surface area contributed by atoms with E-state index in [-0.39, 0.29) is 41.7 Å². The molecule has 3 aromatic rings. The summed E-state index contributed by atoms with van der Waals surface area (Å²) in [6, 6.07) is 20.0. The molecule has 0 amide bonds. The Bertz CT molecular complexity index is 1020. The summed E-state index contributed by atoms with van der Waals surface area (Å²) < 4.78 is 41.5. The van der Waals surface area contributed by atoms with Crippen LogP contribution in [-0.4, -0.2) is 24.5 Å². The Balaban J connectivity index is 0.00000225. The average molecular weight is 404 g/mol. The van der Waals surface area contributed by atoms with E-state index in [2.05, 4.69) is 4.98 Å². The number of para-hydroxylation sites is 4. The summed E-state index contributed by atoms with van der Waals surface area (Å²) in [4.78, 5) is 6.06. The van der Waals surface area contributed by atoms with E-state index < -0.39 is 15.4 Å². The Morgan fingerprint density at radius 3 is 2.04 bits per heavy atom. The van der Waals surface area contributed by atoms with Crippen molar-refractivity contribution in [2.75, 3.05) is 11.4 Å². The van der Waals surface area contributed by atoms with Crippen molar-refractivity contribution in [2.24, 2.45) is 0 Å². The molecule has 8 heteroatoms. The third kappa shape index (κ3) is 4.24. The summed E-state index contributed by atoms with van der Waals surface area (Å²) in [5.41, 5.74) is 1.93. The fourth-order valence-corrected chi connectivity index (χ4v) is 4.10. The molecule has 4 rings (SSSR count). The maximum Gasteiger partial charge on any atom is 1.00 e. The summed E-state index contributed by atoms with van der Waals surface area (Å²) in [5.74, 6) is 1.38. The second-order valence-electron chi connectivity index (χ2n) is 6.21. The number of nitrogens with zero attached hydrogens (tertiary/aromatic N) is 2. The van der Waals surface area contributed by atoms with Crippen molar-refractivity contribution in [1.29, 1.82) is 0 Å². The molecule has 6 nitrogen and oxygen atoms in total. The number of pyridine rings is 1. The molecule has 0 aliphatic carbocycles. The van der Waals surface area contributed by atoms with Gasteiger partial charge in [-0.3, -0.25) is 4.98 Å². The molecule has 0 bridgehead atoms. The molecule has 0 radical (unpaired) electrons. The zero-order valence-electron chi connectivity index (χ0n) is 15.4. The van der Waals surface area contributed by atoms with Gasteiger partial charge in [0, 0.05) is 12.7 Å². The molecule has 2 aromatic carbocycles. The van der Waals surface area contributed by atoms with E-state index in [1.54, 1.807) is 18.2 Å². The van der Waals surface area contributed by atoms with E-state index in [4.69, 9.17) is 4.74 Å². The zero-order valence-corrected chi connectivity index (χ0v) is 18.2. The van der Waals surface area contributed by atoms with Crippen LogP contribution in [0.3, 0.4) is 0 Å². The summed E-state index contributed by atoms with van der Waals surface area (Å²) in [6.45, 7) is 0.333. The van der Waals surface area contributed by atoms with Crippen molar-refractivity contribution in [2.45, 2.75) is 11.7 Å². The molecule has 138 valence electrons. The van der Waals surface area contributed by atoms with E-state index >= 15 is 0 Å². The van der Waals surface area contributed by atoms with Gasteiger partial charge in [0.2, 0.25) is 0 Å². The Morgan fingerprint density at radius 1 is 0.929 bits per heavy atom. The van der Waals surface area contributed by atoms with Gasteiger partial charge in [0.25, 0.3) is 0 Å². The second-order valence-corrected chi connectivity index (χ2v) is 7.77. The first-order valence-electron chi connectivity index (χ1n) is 8.53. The number of ether oxygens (including phenoxy) is 1. The zero-order chi connectivity index (χ0) is 18.9. The maximum atomic E-state index is 11.9. The SMILES string of the molecule is O=S(=O)([O-])C(CCN1c2ccccc2Oc2ccccc21)c1ccccn1.[Na+]. The molecule has 2 heterocycles. The van der Waals surface area contributed by atoms with Gasteiger partial charge in [-0.25, -0.2) is 8.42 Å². The molecule has 1 aliphatic heterocycles. The molecule has 0 fully saturated rings. The Labute approximate surface area is 186 Å². The molecule has 1 atom stereocenters.